The van der Waals surface area contributed by atoms with Gasteiger partial charge in [0, 0.05) is 35.7 Å². The Morgan fingerprint density at radius 3 is 2.92 bits per heavy atom. The van der Waals surface area contributed by atoms with Gasteiger partial charge in [-0.05, 0) is 25.0 Å². The molecule has 6 nitrogen and oxygen atoms in total. The number of hydrogen-bond acceptors (Lipinski definition) is 3. The number of fused-ring (bicyclic) bond motifs is 3. The van der Waals surface area contributed by atoms with Crippen LogP contribution in [0.2, 0.25) is 0 Å². The van der Waals surface area contributed by atoms with E-state index in [-0.39, 0.29) is 11.8 Å². The molecule has 0 aromatic carbocycles. The van der Waals surface area contributed by atoms with Crippen LogP contribution in [0, 0.1) is 0 Å². The minimum absolute atomic E-state index is 0.0134. The van der Waals surface area contributed by atoms with Gasteiger partial charge in [0.15, 0.2) is 0 Å². The number of rotatable bonds is 2. The highest BCUT2D eigenvalue weighted by Crippen LogP contribution is 2.40. The summed E-state index contributed by atoms with van der Waals surface area (Å²) in [4.78, 5) is 17.2. The Morgan fingerprint density at radius 2 is 2.04 bits per heavy atom. The predicted octanol–water partition coefficient (Wildman–Crippen LogP) is 3.26. The number of carbonyl (C=O) groups excluding carboxylic acids is 1. The van der Waals surface area contributed by atoms with Gasteiger partial charge in [-0.15, -0.1) is 0 Å². The van der Waals surface area contributed by atoms with Crippen LogP contribution in [0.15, 0.2) is 30.6 Å². The molecule has 0 radical (unpaired) electrons. The van der Waals surface area contributed by atoms with E-state index in [9.17, 15) is 4.79 Å². The number of imidazole rings is 1. The Morgan fingerprint density at radius 1 is 1.15 bits per heavy atom. The molecular formula is C20H23N5O. The van der Waals surface area contributed by atoms with Gasteiger partial charge in [-0.2, -0.15) is 5.10 Å². The second-order valence-electron chi connectivity index (χ2n) is 7.48. The standard InChI is InChI=1S/C20H23N5O/c26-18-10-14(15-11-22-24-19(15)13-6-2-1-3-7-13)20-16(12-21-18)23-17-8-4-5-9-25(17)20/h4-5,8-9,11,13-14H,1-3,6-7,10,12H2,(H,21,26)(H,22,24). The average molecular weight is 349 g/mol. The summed E-state index contributed by atoms with van der Waals surface area (Å²) >= 11 is 0. The van der Waals surface area contributed by atoms with E-state index in [1.165, 1.54) is 43.4 Å². The average Bonchev–Trinajstić information content (AvgIpc) is 3.26. The zero-order valence-electron chi connectivity index (χ0n) is 14.7. The van der Waals surface area contributed by atoms with Crippen molar-refractivity contribution in [3.05, 3.63) is 53.2 Å². The van der Waals surface area contributed by atoms with E-state index in [2.05, 4.69) is 19.9 Å². The highest BCUT2D eigenvalue weighted by Gasteiger charge is 2.32. The van der Waals surface area contributed by atoms with Crippen molar-refractivity contribution >= 4 is 11.6 Å². The largest absolute Gasteiger partial charge is 0.350 e. The molecule has 5 rings (SSSR count). The number of nitrogens with one attached hydrogen (secondary N) is 2. The van der Waals surface area contributed by atoms with Crippen molar-refractivity contribution in [2.75, 3.05) is 0 Å². The second kappa shape index (κ2) is 6.27. The van der Waals surface area contributed by atoms with Gasteiger partial charge < -0.3 is 9.72 Å². The summed E-state index contributed by atoms with van der Waals surface area (Å²) in [6.45, 7) is 0.489. The van der Waals surface area contributed by atoms with Crippen molar-refractivity contribution in [3.63, 3.8) is 0 Å². The minimum Gasteiger partial charge on any atom is -0.350 e. The first-order valence-electron chi connectivity index (χ1n) is 9.57. The van der Waals surface area contributed by atoms with Crippen molar-refractivity contribution in [1.82, 2.24) is 24.9 Å². The molecular weight excluding hydrogens is 326 g/mol. The molecule has 2 N–H and O–H groups in total. The minimum atomic E-state index is -0.0134. The molecule has 1 aliphatic carbocycles. The summed E-state index contributed by atoms with van der Waals surface area (Å²) in [7, 11) is 0. The lowest BCUT2D eigenvalue weighted by Gasteiger charge is -2.24. The number of amides is 1. The Hall–Kier alpha value is -2.63. The number of carbonyl (C=O) groups is 1. The van der Waals surface area contributed by atoms with Gasteiger partial charge in [0.1, 0.15) is 5.65 Å². The maximum atomic E-state index is 12.4. The molecule has 1 saturated carbocycles. The number of pyridine rings is 1. The van der Waals surface area contributed by atoms with Crippen LogP contribution in [-0.4, -0.2) is 25.5 Å². The fraction of sp³-hybridized carbons (Fsp3) is 0.450. The van der Waals surface area contributed by atoms with Gasteiger partial charge in [-0.1, -0.05) is 25.3 Å². The monoisotopic (exact) mass is 349 g/mol. The topological polar surface area (TPSA) is 75.1 Å². The van der Waals surface area contributed by atoms with E-state index in [0.717, 1.165) is 17.0 Å². The summed E-state index contributed by atoms with van der Waals surface area (Å²) in [5.41, 5.74) is 5.41. The number of hydrogen-bond donors (Lipinski definition) is 2. The maximum Gasteiger partial charge on any atom is 0.221 e. The molecule has 3 aromatic rings. The SMILES string of the molecule is O=C1CC(c2cn[nH]c2C2CCCCC2)c2c(nc3ccccn23)CN1. The zero-order chi connectivity index (χ0) is 17.5. The van der Waals surface area contributed by atoms with E-state index in [1.54, 1.807) is 0 Å². The van der Waals surface area contributed by atoms with Gasteiger partial charge in [-0.3, -0.25) is 9.89 Å². The fourth-order valence-electron chi connectivity index (χ4n) is 4.66. The van der Waals surface area contributed by atoms with E-state index < -0.39 is 0 Å². The molecule has 1 amide bonds. The van der Waals surface area contributed by atoms with Crippen molar-refractivity contribution < 1.29 is 4.79 Å². The summed E-state index contributed by atoms with van der Waals surface area (Å²) < 4.78 is 2.14. The van der Waals surface area contributed by atoms with Crippen molar-refractivity contribution in [2.45, 2.75) is 56.9 Å². The van der Waals surface area contributed by atoms with E-state index in [4.69, 9.17) is 4.98 Å². The molecule has 6 heteroatoms. The van der Waals surface area contributed by atoms with Gasteiger partial charge in [-0.25, -0.2) is 4.98 Å². The van der Waals surface area contributed by atoms with Gasteiger partial charge in [0.2, 0.25) is 5.91 Å². The van der Waals surface area contributed by atoms with Crippen molar-refractivity contribution in [1.29, 1.82) is 0 Å². The number of aromatic amines is 1. The Bertz CT molecular complexity index is 950. The first-order chi connectivity index (χ1) is 12.8. The number of aromatic nitrogens is 4. The van der Waals surface area contributed by atoms with Crippen LogP contribution in [0.4, 0.5) is 0 Å². The number of H-pyrrole nitrogens is 1. The van der Waals surface area contributed by atoms with Crippen LogP contribution in [-0.2, 0) is 11.3 Å². The molecule has 0 saturated heterocycles. The fourth-order valence-corrected chi connectivity index (χ4v) is 4.66. The quantitative estimate of drug-likeness (QED) is 0.746. The van der Waals surface area contributed by atoms with Crippen LogP contribution >= 0.6 is 0 Å². The predicted molar refractivity (Wildman–Crippen MR) is 97.9 cm³/mol. The lowest BCUT2D eigenvalue weighted by atomic mass is 9.82. The molecule has 0 spiro atoms. The molecule has 4 heterocycles. The first kappa shape index (κ1) is 15.6. The third-order valence-corrected chi connectivity index (χ3v) is 5.90. The van der Waals surface area contributed by atoms with Crippen LogP contribution in [0.25, 0.3) is 5.65 Å². The Kier molecular flexibility index (Phi) is 3.76. The molecule has 1 atom stereocenters. The van der Waals surface area contributed by atoms with Crippen molar-refractivity contribution in [2.24, 2.45) is 0 Å². The Labute approximate surface area is 152 Å². The molecule has 2 aliphatic rings. The van der Waals surface area contributed by atoms with Crippen LogP contribution in [0.3, 0.4) is 0 Å². The molecule has 1 fully saturated rings. The summed E-state index contributed by atoms with van der Waals surface area (Å²) in [5.74, 6) is 0.587. The maximum absolute atomic E-state index is 12.4. The van der Waals surface area contributed by atoms with Gasteiger partial charge >= 0.3 is 0 Å². The normalized spacial score (nSPS) is 21.4. The lowest BCUT2D eigenvalue weighted by molar-refractivity contribution is -0.121. The first-order valence-corrected chi connectivity index (χ1v) is 9.57. The second-order valence-corrected chi connectivity index (χ2v) is 7.48. The lowest BCUT2D eigenvalue weighted by Crippen LogP contribution is -2.22. The van der Waals surface area contributed by atoms with Crippen molar-refractivity contribution in [3.8, 4) is 0 Å². The van der Waals surface area contributed by atoms with Crippen LogP contribution in [0.1, 0.15) is 73.0 Å². The van der Waals surface area contributed by atoms with Crippen LogP contribution < -0.4 is 5.32 Å². The summed E-state index contributed by atoms with van der Waals surface area (Å²) in [5, 5.41) is 10.7. The zero-order valence-corrected chi connectivity index (χ0v) is 14.7. The molecule has 0 bridgehead atoms. The Balaban J connectivity index is 1.65. The molecule has 26 heavy (non-hydrogen) atoms. The third kappa shape index (κ3) is 2.52. The molecule has 1 aliphatic heterocycles. The number of nitrogens with zero attached hydrogens (tertiary/aromatic N) is 3. The van der Waals surface area contributed by atoms with E-state index in [1.807, 2.05) is 30.6 Å². The van der Waals surface area contributed by atoms with E-state index >= 15 is 0 Å². The highest BCUT2D eigenvalue weighted by molar-refractivity contribution is 5.78. The van der Waals surface area contributed by atoms with E-state index in [0.29, 0.717) is 18.9 Å². The van der Waals surface area contributed by atoms with Gasteiger partial charge in [0.05, 0.1) is 24.1 Å². The summed E-state index contributed by atoms with van der Waals surface area (Å²) in [6.07, 6.45) is 10.7. The summed E-state index contributed by atoms with van der Waals surface area (Å²) in [6, 6.07) is 6.04. The smallest absolute Gasteiger partial charge is 0.221 e. The third-order valence-electron chi connectivity index (χ3n) is 5.90. The molecule has 134 valence electrons. The van der Waals surface area contributed by atoms with Gasteiger partial charge in [0.25, 0.3) is 0 Å². The molecule has 1 unspecified atom stereocenters. The van der Waals surface area contributed by atoms with Crippen LogP contribution in [0.5, 0.6) is 0 Å². The molecule has 3 aromatic heterocycles. The highest BCUT2D eigenvalue weighted by atomic mass is 16.1.